The molecule has 0 spiro atoms. The Morgan fingerprint density at radius 3 is 2.39 bits per heavy atom. The Hall–Kier alpha value is -1.79. The van der Waals surface area contributed by atoms with Crippen LogP contribution >= 0.6 is 11.6 Å². The lowest BCUT2D eigenvalue weighted by Crippen LogP contribution is -2.55. The molecule has 170 valence electrons. The number of carbonyl (C=O) groups excluding carboxylic acids is 2. The largest absolute Gasteiger partial charge is 0.491 e. The maximum atomic E-state index is 13.2. The smallest absolute Gasteiger partial charge is 0.245 e. The maximum Gasteiger partial charge on any atom is 0.245 e. The predicted octanol–water partition coefficient (Wildman–Crippen LogP) is 3.43. The number of carbonyl (C=O) groups is 2. The number of para-hydroxylation sites is 1. The molecule has 2 aliphatic heterocycles. The Labute approximate surface area is 190 Å². The molecule has 31 heavy (non-hydrogen) atoms. The Morgan fingerprint density at radius 2 is 1.65 bits per heavy atom. The second kappa shape index (κ2) is 10.7. The molecule has 1 aliphatic carbocycles. The van der Waals surface area contributed by atoms with Crippen molar-refractivity contribution < 1.29 is 14.3 Å². The van der Waals surface area contributed by atoms with Gasteiger partial charge in [0.05, 0.1) is 5.02 Å². The molecule has 1 atom stereocenters. The number of rotatable bonds is 6. The van der Waals surface area contributed by atoms with Crippen molar-refractivity contribution in [2.24, 2.45) is 5.92 Å². The highest BCUT2D eigenvalue weighted by Gasteiger charge is 2.39. The third-order valence-electron chi connectivity index (χ3n) is 6.96. The van der Waals surface area contributed by atoms with E-state index in [0.29, 0.717) is 30.5 Å². The third kappa shape index (κ3) is 5.53. The first-order chi connectivity index (χ1) is 15.1. The van der Waals surface area contributed by atoms with Crippen LogP contribution in [0.15, 0.2) is 24.3 Å². The van der Waals surface area contributed by atoms with E-state index in [4.69, 9.17) is 16.3 Å². The van der Waals surface area contributed by atoms with Crippen molar-refractivity contribution in [1.29, 1.82) is 0 Å². The molecule has 2 heterocycles. The molecule has 1 aromatic carbocycles. The average Bonchev–Trinajstić information content (AvgIpc) is 3.30. The minimum atomic E-state index is -0.246. The second-order valence-electron chi connectivity index (χ2n) is 8.97. The number of likely N-dealkylation sites (tertiary alicyclic amines) is 1. The Morgan fingerprint density at radius 1 is 0.903 bits per heavy atom. The zero-order chi connectivity index (χ0) is 21.6. The van der Waals surface area contributed by atoms with Gasteiger partial charge < -0.3 is 14.5 Å². The van der Waals surface area contributed by atoms with Crippen LogP contribution in [0.4, 0.5) is 0 Å². The first-order valence-corrected chi connectivity index (χ1v) is 12.2. The Kier molecular flexibility index (Phi) is 7.72. The van der Waals surface area contributed by atoms with Crippen molar-refractivity contribution in [3.63, 3.8) is 0 Å². The van der Waals surface area contributed by atoms with Gasteiger partial charge in [0, 0.05) is 45.2 Å². The van der Waals surface area contributed by atoms with Gasteiger partial charge in [0.2, 0.25) is 11.8 Å². The molecule has 0 bridgehead atoms. The molecule has 0 aromatic heterocycles. The van der Waals surface area contributed by atoms with Crippen LogP contribution in [0.3, 0.4) is 0 Å². The number of benzene rings is 1. The van der Waals surface area contributed by atoms with Crippen LogP contribution in [0.2, 0.25) is 5.02 Å². The lowest BCUT2D eigenvalue weighted by atomic mass is 9.88. The van der Waals surface area contributed by atoms with Crippen molar-refractivity contribution in [2.75, 3.05) is 45.9 Å². The highest BCUT2D eigenvalue weighted by atomic mass is 35.5. The van der Waals surface area contributed by atoms with Crippen molar-refractivity contribution in [3.8, 4) is 5.75 Å². The molecular weight excluding hydrogens is 414 g/mol. The summed E-state index contributed by atoms with van der Waals surface area (Å²) >= 11 is 6.13. The summed E-state index contributed by atoms with van der Waals surface area (Å²) in [4.78, 5) is 32.4. The summed E-state index contributed by atoms with van der Waals surface area (Å²) < 4.78 is 5.79. The maximum absolute atomic E-state index is 13.2. The monoisotopic (exact) mass is 447 g/mol. The number of piperazine rings is 1. The fourth-order valence-corrected chi connectivity index (χ4v) is 5.31. The van der Waals surface area contributed by atoms with Crippen LogP contribution in [0.25, 0.3) is 0 Å². The zero-order valence-corrected chi connectivity index (χ0v) is 19.1. The van der Waals surface area contributed by atoms with Gasteiger partial charge in [-0.25, -0.2) is 0 Å². The van der Waals surface area contributed by atoms with Gasteiger partial charge in [0.1, 0.15) is 18.4 Å². The molecule has 1 saturated carbocycles. The fourth-order valence-electron chi connectivity index (χ4n) is 5.12. The minimum absolute atomic E-state index is 0.136. The van der Waals surface area contributed by atoms with E-state index in [1.54, 1.807) is 0 Å². The van der Waals surface area contributed by atoms with Gasteiger partial charge in [-0.1, -0.05) is 43.0 Å². The summed E-state index contributed by atoms with van der Waals surface area (Å²) in [5, 5.41) is 0.627. The summed E-state index contributed by atoms with van der Waals surface area (Å²) in [6.07, 6.45) is 7.25. The van der Waals surface area contributed by atoms with Crippen LogP contribution in [0, 0.1) is 5.92 Å². The van der Waals surface area contributed by atoms with E-state index in [-0.39, 0.29) is 23.8 Å². The number of halogens is 1. The van der Waals surface area contributed by atoms with Crippen LogP contribution in [-0.4, -0.2) is 78.4 Å². The van der Waals surface area contributed by atoms with Crippen molar-refractivity contribution in [3.05, 3.63) is 29.3 Å². The van der Waals surface area contributed by atoms with Crippen LogP contribution in [-0.2, 0) is 9.59 Å². The van der Waals surface area contributed by atoms with Crippen LogP contribution in [0.1, 0.15) is 44.9 Å². The van der Waals surface area contributed by atoms with Gasteiger partial charge in [-0.05, 0) is 37.8 Å². The second-order valence-corrected chi connectivity index (χ2v) is 9.38. The predicted molar refractivity (Wildman–Crippen MR) is 121 cm³/mol. The normalized spacial score (nSPS) is 23.2. The van der Waals surface area contributed by atoms with Gasteiger partial charge in [0.25, 0.3) is 0 Å². The van der Waals surface area contributed by atoms with Crippen molar-refractivity contribution >= 4 is 23.4 Å². The van der Waals surface area contributed by atoms with E-state index < -0.39 is 0 Å². The van der Waals surface area contributed by atoms with Crippen molar-refractivity contribution in [2.45, 2.75) is 51.0 Å². The summed E-state index contributed by atoms with van der Waals surface area (Å²) in [5.41, 5.74) is 0. The van der Waals surface area contributed by atoms with E-state index in [9.17, 15) is 9.59 Å². The van der Waals surface area contributed by atoms with Crippen molar-refractivity contribution in [1.82, 2.24) is 14.7 Å². The molecule has 0 N–H and O–H groups in total. The number of amides is 2. The topological polar surface area (TPSA) is 53.1 Å². The molecule has 7 heteroatoms. The van der Waals surface area contributed by atoms with E-state index in [0.717, 1.165) is 64.7 Å². The molecule has 4 rings (SSSR count). The quantitative estimate of drug-likeness (QED) is 0.670. The van der Waals surface area contributed by atoms with Crippen LogP contribution in [0.5, 0.6) is 5.75 Å². The standard InChI is InChI=1S/C24H34ClN3O3/c25-20-9-4-5-11-22(20)31-18-17-26-13-15-27(16-14-26)24(30)21-10-6-12-28(21)23(29)19-7-2-1-3-8-19/h4-5,9,11,19,21H,1-3,6-8,10,12-18H2. The molecule has 3 fully saturated rings. The van der Waals surface area contributed by atoms with E-state index in [1.807, 2.05) is 34.1 Å². The number of hydrogen-bond acceptors (Lipinski definition) is 4. The van der Waals surface area contributed by atoms with Gasteiger partial charge in [-0.2, -0.15) is 0 Å². The highest BCUT2D eigenvalue weighted by Crippen LogP contribution is 2.29. The molecule has 6 nitrogen and oxygen atoms in total. The summed E-state index contributed by atoms with van der Waals surface area (Å²) in [6.45, 7) is 5.22. The molecule has 3 aliphatic rings. The Bertz CT molecular complexity index is 760. The average molecular weight is 448 g/mol. The molecule has 1 aromatic rings. The molecule has 2 amide bonds. The molecular formula is C24H34ClN3O3. The first kappa shape index (κ1) is 22.4. The van der Waals surface area contributed by atoms with Gasteiger partial charge in [0.15, 0.2) is 0 Å². The van der Waals surface area contributed by atoms with Gasteiger partial charge in [-0.3, -0.25) is 14.5 Å². The summed E-state index contributed by atoms with van der Waals surface area (Å²) in [7, 11) is 0. The SMILES string of the molecule is O=C(C1CCCN1C(=O)C1CCCCC1)N1CCN(CCOc2ccccc2Cl)CC1. The Balaban J connectivity index is 1.23. The molecule has 1 unspecified atom stereocenters. The van der Waals surface area contributed by atoms with Gasteiger partial charge in [-0.15, -0.1) is 0 Å². The highest BCUT2D eigenvalue weighted by molar-refractivity contribution is 6.32. The minimum Gasteiger partial charge on any atom is -0.491 e. The lowest BCUT2D eigenvalue weighted by molar-refractivity contribution is -0.147. The number of ether oxygens (including phenoxy) is 1. The lowest BCUT2D eigenvalue weighted by Gasteiger charge is -2.38. The molecule has 0 radical (unpaired) electrons. The fraction of sp³-hybridized carbons (Fsp3) is 0.667. The van der Waals surface area contributed by atoms with E-state index >= 15 is 0 Å². The summed E-state index contributed by atoms with van der Waals surface area (Å²) in [6, 6.07) is 7.26. The van der Waals surface area contributed by atoms with E-state index in [2.05, 4.69) is 4.90 Å². The third-order valence-corrected chi connectivity index (χ3v) is 7.27. The van der Waals surface area contributed by atoms with E-state index in [1.165, 1.54) is 6.42 Å². The van der Waals surface area contributed by atoms with Gasteiger partial charge >= 0.3 is 0 Å². The number of hydrogen-bond donors (Lipinski definition) is 0. The first-order valence-electron chi connectivity index (χ1n) is 11.8. The summed E-state index contributed by atoms with van der Waals surface area (Å²) in [5.74, 6) is 1.22. The zero-order valence-electron chi connectivity index (χ0n) is 18.3. The van der Waals surface area contributed by atoms with Crippen LogP contribution < -0.4 is 4.74 Å². The molecule has 2 saturated heterocycles. The number of nitrogens with zero attached hydrogens (tertiary/aromatic N) is 3.